The molecule has 0 radical (unpaired) electrons. The van der Waals surface area contributed by atoms with E-state index in [-0.39, 0.29) is 24.9 Å². The van der Waals surface area contributed by atoms with Crippen LogP contribution in [-0.2, 0) is 9.59 Å². The number of carbonyl (C=O) groups excluding carboxylic acids is 3. The third kappa shape index (κ3) is 6.84. The van der Waals surface area contributed by atoms with Gasteiger partial charge in [-0.3, -0.25) is 24.2 Å². The molecule has 0 spiro atoms. The van der Waals surface area contributed by atoms with Crippen molar-refractivity contribution in [2.24, 2.45) is 5.41 Å². The zero-order valence-electron chi connectivity index (χ0n) is 20.7. The molecule has 10 nitrogen and oxygen atoms in total. The molecule has 0 aliphatic heterocycles. The molecule has 1 aromatic carbocycles. The molecule has 0 bridgehead atoms. The van der Waals surface area contributed by atoms with Crippen LogP contribution in [0.5, 0.6) is 0 Å². The normalized spacial score (nSPS) is 11.9. The maximum atomic E-state index is 12.6. The van der Waals surface area contributed by atoms with Gasteiger partial charge in [0.05, 0.1) is 5.69 Å². The van der Waals surface area contributed by atoms with Gasteiger partial charge in [-0.25, -0.2) is 4.68 Å². The number of hydrogen-bond donors (Lipinski definition) is 3. The molecule has 36 heavy (non-hydrogen) atoms. The van der Waals surface area contributed by atoms with E-state index in [0.29, 0.717) is 16.9 Å². The summed E-state index contributed by atoms with van der Waals surface area (Å²) in [5.41, 5.74) is 1.43. The first-order chi connectivity index (χ1) is 17.1. The molecule has 0 saturated heterocycles. The summed E-state index contributed by atoms with van der Waals surface area (Å²) in [5, 5.41) is 12.6. The number of carbonyl (C=O) groups is 3. The predicted molar refractivity (Wildman–Crippen MR) is 136 cm³/mol. The van der Waals surface area contributed by atoms with Crippen molar-refractivity contribution in [3.63, 3.8) is 0 Å². The Morgan fingerprint density at radius 1 is 0.917 bits per heavy atom. The Bertz CT molecular complexity index is 1280. The Morgan fingerprint density at radius 2 is 1.56 bits per heavy atom. The standard InChI is InChI=1S/C26H30N6O4/c1-17(32-22(33)10-9-21(31-32)18-11-13-27-14-12-18)23(34)28-15-16-29-24(35)19-5-7-20(8-6-19)30-25(36)26(2,3)4/h5-14,17H,15-16H2,1-4H3,(H,28,34)(H,29,35)(H,30,36). The zero-order chi connectivity index (χ0) is 26.3. The maximum Gasteiger partial charge on any atom is 0.267 e. The van der Waals surface area contributed by atoms with E-state index in [1.807, 2.05) is 20.8 Å². The molecule has 3 rings (SSSR count). The van der Waals surface area contributed by atoms with Crippen molar-refractivity contribution in [2.75, 3.05) is 18.4 Å². The molecule has 188 valence electrons. The van der Waals surface area contributed by atoms with Gasteiger partial charge in [0.1, 0.15) is 6.04 Å². The van der Waals surface area contributed by atoms with Crippen LogP contribution in [0, 0.1) is 5.41 Å². The monoisotopic (exact) mass is 490 g/mol. The number of nitrogens with zero attached hydrogens (tertiary/aromatic N) is 3. The summed E-state index contributed by atoms with van der Waals surface area (Å²) < 4.78 is 1.13. The fourth-order valence-corrected chi connectivity index (χ4v) is 3.13. The number of nitrogens with one attached hydrogen (secondary N) is 3. The van der Waals surface area contributed by atoms with Gasteiger partial charge in [0.2, 0.25) is 11.8 Å². The molecule has 0 saturated carbocycles. The number of aromatic nitrogens is 3. The van der Waals surface area contributed by atoms with Crippen LogP contribution in [0.15, 0.2) is 65.7 Å². The molecule has 2 aromatic heterocycles. The molecule has 10 heteroatoms. The maximum absolute atomic E-state index is 12.6. The summed E-state index contributed by atoms with van der Waals surface area (Å²) >= 11 is 0. The molecule has 0 aliphatic carbocycles. The average Bonchev–Trinajstić information content (AvgIpc) is 2.86. The largest absolute Gasteiger partial charge is 0.352 e. The van der Waals surface area contributed by atoms with Crippen LogP contribution in [0.3, 0.4) is 0 Å². The van der Waals surface area contributed by atoms with Crippen LogP contribution in [0.25, 0.3) is 11.3 Å². The van der Waals surface area contributed by atoms with E-state index >= 15 is 0 Å². The number of hydrogen-bond acceptors (Lipinski definition) is 6. The molecule has 3 N–H and O–H groups in total. The van der Waals surface area contributed by atoms with Gasteiger partial charge in [0.15, 0.2) is 0 Å². The smallest absolute Gasteiger partial charge is 0.267 e. The average molecular weight is 491 g/mol. The van der Waals surface area contributed by atoms with Crippen molar-refractivity contribution in [2.45, 2.75) is 33.7 Å². The molecule has 3 aromatic rings. The minimum Gasteiger partial charge on any atom is -0.352 e. The lowest BCUT2D eigenvalue weighted by atomic mass is 9.95. The molecule has 1 atom stereocenters. The molecule has 0 aliphatic rings. The van der Waals surface area contributed by atoms with Crippen LogP contribution in [0.2, 0.25) is 0 Å². The van der Waals surface area contributed by atoms with Crippen LogP contribution in [0.1, 0.15) is 44.1 Å². The molecule has 3 amide bonds. The summed E-state index contributed by atoms with van der Waals surface area (Å²) in [4.78, 5) is 53.3. The number of amides is 3. The zero-order valence-corrected chi connectivity index (χ0v) is 20.7. The minimum atomic E-state index is -0.842. The van der Waals surface area contributed by atoms with Gasteiger partial charge in [-0.15, -0.1) is 0 Å². The van der Waals surface area contributed by atoms with Gasteiger partial charge in [0, 0.05) is 53.8 Å². The minimum absolute atomic E-state index is 0.119. The Balaban J connectivity index is 1.50. The molecule has 1 unspecified atom stereocenters. The van der Waals surface area contributed by atoms with Crippen molar-refractivity contribution in [1.29, 1.82) is 0 Å². The Kier molecular flexibility index (Phi) is 8.31. The predicted octanol–water partition coefficient (Wildman–Crippen LogP) is 2.40. The molecular formula is C26H30N6O4. The van der Waals surface area contributed by atoms with E-state index in [9.17, 15) is 19.2 Å². The third-order valence-electron chi connectivity index (χ3n) is 5.34. The topological polar surface area (TPSA) is 135 Å². The van der Waals surface area contributed by atoms with E-state index < -0.39 is 22.9 Å². The quantitative estimate of drug-likeness (QED) is 0.415. The van der Waals surface area contributed by atoms with Crippen LogP contribution in [0.4, 0.5) is 5.69 Å². The van der Waals surface area contributed by atoms with Crippen LogP contribution < -0.4 is 21.5 Å². The highest BCUT2D eigenvalue weighted by Gasteiger charge is 2.21. The van der Waals surface area contributed by atoms with E-state index in [0.717, 1.165) is 10.2 Å². The first kappa shape index (κ1) is 26.3. The van der Waals surface area contributed by atoms with E-state index in [1.165, 1.54) is 6.07 Å². The fourth-order valence-electron chi connectivity index (χ4n) is 3.13. The van der Waals surface area contributed by atoms with E-state index in [1.54, 1.807) is 61.8 Å². The van der Waals surface area contributed by atoms with E-state index in [4.69, 9.17) is 0 Å². The highest BCUT2D eigenvalue weighted by atomic mass is 16.2. The fraction of sp³-hybridized carbons (Fsp3) is 0.308. The number of benzene rings is 1. The number of rotatable bonds is 8. The van der Waals surface area contributed by atoms with Gasteiger partial charge >= 0.3 is 0 Å². The second kappa shape index (κ2) is 11.4. The number of pyridine rings is 1. The Labute approximate surface area is 209 Å². The van der Waals surface area contributed by atoms with Crippen molar-refractivity contribution in [3.8, 4) is 11.3 Å². The van der Waals surface area contributed by atoms with E-state index in [2.05, 4.69) is 26.0 Å². The molecule has 2 heterocycles. The van der Waals surface area contributed by atoms with Crippen molar-refractivity contribution < 1.29 is 14.4 Å². The Hall–Kier alpha value is -4.34. The van der Waals surface area contributed by atoms with Gasteiger partial charge in [-0.1, -0.05) is 20.8 Å². The lowest BCUT2D eigenvalue weighted by Crippen LogP contribution is -2.40. The van der Waals surface area contributed by atoms with Crippen molar-refractivity contribution in [3.05, 3.63) is 76.8 Å². The highest BCUT2D eigenvalue weighted by Crippen LogP contribution is 2.18. The molecule has 0 fully saturated rings. The second-order valence-electron chi connectivity index (χ2n) is 9.24. The van der Waals surface area contributed by atoms with Crippen LogP contribution >= 0.6 is 0 Å². The SMILES string of the molecule is CC(C(=O)NCCNC(=O)c1ccc(NC(=O)C(C)(C)C)cc1)n1nc(-c2ccncc2)ccc1=O. The summed E-state index contributed by atoms with van der Waals surface area (Å²) in [6.45, 7) is 7.40. The first-order valence-electron chi connectivity index (χ1n) is 11.5. The highest BCUT2D eigenvalue weighted by molar-refractivity contribution is 5.97. The van der Waals surface area contributed by atoms with Crippen LogP contribution in [-0.4, -0.2) is 45.6 Å². The van der Waals surface area contributed by atoms with Gasteiger partial charge in [0.25, 0.3) is 11.5 Å². The Morgan fingerprint density at radius 3 is 2.19 bits per heavy atom. The molecular weight excluding hydrogens is 460 g/mol. The lowest BCUT2D eigenvalue weighted by Gasteiger charge is -2.17. The van der Waals surface area contributed by atoms with Crippen molar-refractivity contribution in [1.82, 2.24) is 25.4 Å². The van der Waals surface area contributed by atoms with Gasteiger partial charge in [-0.2, -0.15) is 5.10 Å². The first-order valence-corrected chi connectivity index (χ1v) is 11.5. The second-order valence-corrected chi connectivity index (χ2v) is 9.24. The summed E-state index contributed by atoms with van der Waals surface area (Å²) in [6.07, 6.45) is 3.24. The summed E-state index contributed by atoms with van der Waals surface area (Å²) in [7, 11) is 0. The summed E-state index contributed by atoms with van der Waals surface area (Å²) in [5.74, 6) is -0.829. The van der Waals surface area contributed by atoms with Gasteiger partial charge in [-0.05, 0) is 49.4 Å². The summed E-state index contributed by atoms with van der Waals surface area (Å²) in [6, 6.07) is 12.2. The van der Waals surface area contributed by atoms with Crippen molar-refractivity contribution >= 4 is 23.4 Å². The third-order valence-corrected chi connectivity index (χ3v) is 5.34. The van der Waals surface area contributed by atoms with Gasteiger partial charge < -0.3 is 16.0 Å². The number of anilines is 1. The lowest BCUT2D eigenvalue weighted by molar-refractivity contribution is -0.124.